The molecule has 0 amide bonds. The van der Waals surface area contributed by atoms with E-state index in [2.05, 4.69) is 10.2 Å². The van der Waals surface area contributed by atoms with Gasteiger partial charge >= 0.3 is 0 Å². The molecular weight excluding hydrogens is 288 g/mol. The van der Waals surface area contributed by atoms with Gasteiger partial charge in [-0.3, -0.25) is 19.8 Å². The monoisotopic (exact) mass is 296 g/mol. The molecule has 1 heterocycles. The van der Waals surface area contributed by atoms with Crippen molar-refractivity contribution in [2.45, 2.75) is 18.9 Å². The quantitative estimate of drug-likeness (QED) is 0.534. The number of benzene rings is 1. The average Bonchev–Trinajstić information content (AvgIpc) is 3.13. The van der Waals surface area contributed by atoms with Gasteiger partial charge in [0, 0.05) is 17.1 Å². The number of aromatic amines is 1. The van der Waals surface area contributed by atoms with Crippen molar-refractivity contribution in [3.05, 3.63) is 38.1 Å². The summed E-state index contributed by atoms with van der Waals surface area (Å²) in [5.41, 5.74) is 0.358. The molecule has 1 saturated carbocycles. The SMILES string of the molecule is O=[N+]([O-])c1cc(Cl)ccc1-c1n[nH]c(=S)n1C1CC1. The Labute approximate surface area is 118 Å². The number of nitrogens with one attached hydrogen (secondary N) is 1. The lowest BCUT2D eigenvalue weighted by Gasteiger charge is -2.05. The van der Waals surface area contributed by atoms with Crippen LogP contribution in [0.3, 0.4) is 0 Å². The van der Waals surface area contributed by atoms with Gasteiger partial charge in [0.15, 0.2) is 10.6 Å². The molecule has 1 aliphatic carbocycles. The Hall–Kier alpha value is -1.73. The highest BCUT2D eigenvalue weighted by Gasteiger charge is 2.30. The van der Waals surface area contributed by atoms with Crippen LogP contribution in [0.1, 0.15) is 18.9 Å². The number of halogens is 1. The molecule has 0 spiro atoms. The van der Waals surface area contributed by atoms with Crippen molar-refractivity contribution in [3.63, 3.8) is 0 Å². The third-order valence-corrected chi connectivity index (χ3v) is 3.54. The summed E-state index contributed by atoms with van der Waals surface area (Å²) in [7, 11) is 0. The maximum Gasteiger partial charge on any atom is 0.281 e. The summed E-state index contributed by atoms with van der Waals surface area (Å²) in [6.07, 6.45) is 2.03. The maximum absolute atomic E-state index is 11.1. The number of aromatic nitrogens is 3. The molecule has 19 heavy (non-hydrogen) atoms. The van der Waals surface area contributed by atoms with Gasteiger partial charge in [0.05, 0.1) is 10.5 Å². The predicted molar refractivity (Wildman–Crippen MR) is 72.8 cm³/mol. The van der Waals surface area contributed by atoms with E-state index in [-0.39, 0.29) is 11.7 Å². The Bertz CT molecular complexity index is 720. The van der Waals surface area contributed by atoms with Crippen LogP contribution >= 0.6 is 23.8 Å². The smallest absolute Gasteiger partial charge is 0.281 e. The van der Waals surface area contributed by atoms with Crippen molar-refractivity contribution in [1.82, 2.24) is 14.8 Å². The minimum atomic E-state index is -0.462. The maximum atomic E-state index is 11.1. The zero-order valence-corrected chi connectivity index (χ0v) is 11.2. The van der Waals surface area contributed by atoms with Crippen LogP contribution in [0.15, 0.2) is 18.2 Å². The molecule has 6 nitrogen and oxygen atoms in total. The summed E-state index contributed by atoms with van der Waals surface area (Å²) in [5.74, 6) is 0.496. The van der Waals surface area contributed by atoms with Gasteiger partial charge in [0.25, 0.3) is 5.69 Å². The lowest BCUT2D eigenvalue weighted by atomic mass is 10.1. The minimum Gasteiger partial charge on any atom is -0.297 e. The molecule has 0 radical (unpaired) electrons. The second-order valence-electron chi connectivity index (χ2n) is 4.37. The molecule has 1 aromatic heterocycles. The lowest BCUT2D eigenvalue weighted by Crippen LogP contribution is -2.00. The minimum absolute atomic E-state index is 0.0663. The van der Waals surface area contributed by atoms with Crippen LogP contribution in [0, 0.1) is 14.9 Å². The van der Waals surface area contributed by atoms with Gasteiger partial charge < -0.3 is 0 Å². The van der Waals surface area contributed by atoms with Crippen molar-refractivity contribution in [2.75, 3.05) is 0 Å². The number of hydrogen-bond acceptors (Lipinski definition) is 4. The van der Waals surface area contributed by atoms with Crippen LogP contribution in [-0.4, -0.2) is 19.7 Å². The number of nitro benzene ring substituents is 1. The van der Waals surface area contributed by atoms with E-state index < -0.39 is 4.92 Å². The highest BCUT2D eigenvalue weighted by Crippen LogP contribution is 2.40. The van der Waals surface area contributed by atoms with E-state index in [4.69, 9.17) is 23.8 Å². The number of hydrogen-bond donors (Lipinski definition) is 1. The second-order valence-corrected chi connectivity index (χ2v) is 5.20. The highest BCUT2D eigenvalue weighted by atomic mass is 35.5. The third-order valence-electron chi connectivity index (χ3n) is 3.01. The summed E-state index contributed by atoms with van der Waals surface area (Å²) >= 11 is 11.0. The first-order chi connectivity index (χ1) is 9.08. The Morgan fingerprint density at radius 2 is 2.26 bits per heavy atom. The van der Waals surface area contributed by atoms with Crippen LogP contribution in [0.4, 0.5) is 5.69 Å². The summed E-state index contributed by atoms with van der Waals surface area (Å²) in [4.78, 5) is 10.7. The molecule has 1 aliphatic rings. The van der Waals surface area contributed by atoms with E-state index >= 15 is 0 Å². The fraction of sp³-hybridized carbons (Fsp3) is 0.273. The molecule has 1 fully saturated rings. The van der Waals surface area contributed by atoms with Crippen LogP contribution in [0.25, 0.3) is 11.4 Å². The largest absolute Gasteiger partial charge is 0.297 e. The highest BCUT2D eigenvalue weighted by molar-refractivity contribution is 7.71. The number of rotatable bonds is 3. The van der Waals surface area contributed by atoms with Crippen LogP contribution in [0.5, 0.6) is 0 Å². The first-order valence-corrected chi connectivity index (χ1v) is 6.48. The van der Waals surface area contributed by atoms with Crippen LogP contribution < -0.4 is 0 Å². The average molecular weight is 297 g/mol. The van der Waals surface area contributed by atoms with Crippen molar-refractivity contribution in [2.24, 2.45) is 0 Å². The van der Waals surface area contributed by atoms with Crippen molar-refractivity contribution < 1.29 is 4.92 Å². The van der Waals surface area contributed by atoms with E-state index in [1.165, 1.54) is 6.07 Å². The Morgan fingerprint density at radius 3 is 2.89 bits per heavy atom. The molecule has 0 aliphatic heterocycles. The number of nitrogens with zero attached hydrogens (tertiary/aromatic N) is 3. The van der Waals surface area contributed by atoms with E-state index in [9.17, 15) is 10.1 Å². The molecule has 0 saturated heterocycles. The van der Waals surface area contributed by atoms with Gasteiger partial charge in [0.2, 0.25) is 0 Å². The molecule has 0 atom stereocenters. The fourth-order valence-corrected chi connectivity index (χ4v) is 2.46. The Balaban J connectivity index is 2.22. The van der Waals surface area contributed by atoms with E-state index in [1.54, 1.807) is 12.1 Å². The van der Waals surface area contributed by atoms with Gasteiger partial charge in [-0.25, -0.2) is 0 Å². The van der Waals surface area contributed by atoms with E-state index in [1.807, 2.05) is 4.57 Å². The topological polar surface area (TPSA) is 76.8 Å². The van der Waals surface area contributed by atoms with Crippen molar-refractivity contribution in [1.29, 1.82) is 0 Å². The molecule has 0 bridgehead atoms. The van der Waals surface area contributed by atoms with Gasteiger partial charge in [-0.1, -0.05) is 11.6 Å². The molecule has 3 rings (SSSR count). The first-order valence-electron chi connectivity index (χ1n) is 5.69. The first kappa shape index (κ1) is 12.3. The molecule has 0 unspecified atom stereocenters. The summed E-state index contributed by atoms with van der Waals surface area (Å²) in [6.45, 7) is 0. The molecule has 1 aromatic carbocycles. The van der Waals surface area contributed by atoms with Crippen LogP contribution in [-0.2, 0) is 0 Å². The third kappa shape index (κ3) is 2.15. The zero-order chi connectivity index (χ0) is 13.6. The standard InChI is InChI=1S/C11H9ClN4O2S/c12-6-1-4-8(9(5-6)16(17)18)10-13-14-11(19)15(10)7-2-3-7/h1,4-5,7H,2-3H2,(H,14,19). The number of nitro groups is 1. The molecule has 98 valence electrons. The molecule has 2 aromatic rings. The van der Waals surface area contributed by atoms with Crippen molar-refractivity contribution in [3.8, 4) is 11.4 Å². The predicted octanol–water partition coefficient (Wildman–Crippen LogP) is 3.50. The molecule has 8 heteroatoms. The molecule has 1 N–H and O–H groups in total. The second kappa shape index (κ2) is 4.43. The fourth-order valence-electron chi connectivity index (χ4n) is 2.01. The Morgan fingerprint density at radius 1 is 1.53 bits per heavy atom. The van der Waals surface area contributed by atoms with Crippen molar-refractivity contribution >= 4 is 29.5 Å². The summed E-state index contributed by atoms with van der Waals surface area (Å²) in [5, 5.41) is 18.3. The van der Waals surface area contributed by atoms with Gasteiger partial charge in [-0.15, -0.1) is 0 Å². The normalized spacial score (nSPS) is 14.6. The van der Waals surface area contributed by atoms with E-state index in [0.717, 1.165) is 12.8 Å². The lowest BCUT2D eigenvalue weighted by molar-refractivity contribution is -0.384. The number of H-pyrrole nitrogens is 1. The van der Waals surface area contributed by atoms with Gasteiger partial charge in [0.1, 0.15) is 0 Å². The van der Waals surface area contributed by atoms with E-state index in [0.29, 0.717) is 21.2 Å². The zero-order valence-electron chi connectivity index (χ0n) is 9.67. The summed E-state index contributed by atoms with van der Waals surface area (Å²) < 4.78 is 2.33. The Kier molecular flexibility index (Phi) is 2.87. The molecular formula is C11H9ClN4O2S. The van der Waals surface area contributed by atoms with Crippen LogP contribution in [0.2, 0.25) is 5.02 Å². The van der Waals surface area contributed by atoms with Gasteiger partial charge in [-0.05, 0) is 37.2 Å². The van der Waals surface area contributed by atoms with Gasteiger partial charge in [-0.2, -0.15) is 5.10 Å². The summed E-state index contributed by atoms with van der Waals surface area (Å²) in [6, 6.07) is 4.83.